The van der Waals surface area contributed by atoms with Gasteiger partial charge in [-0.25, -0.2) is 0 Å². The summed E-state index contributed by atoms with van der Waals surface area (Å²) in [6, 6.07) is 16.4. The summed E-state index contributed by atoms with van der Waals surface area (Å²) >= 11 is 0. The molecule has 0 spiro atoms. The summed E-state index contributed by atoms with van der Waals surface area (Å²) in [5, 5.41) is 5.76. The smallest absolute Gasteiger partial charge is 0.253 e. The number of hydrogen-bond donors (Lipinski definition) is 2. The predicted molar refractivity (Wildman–Crippen MR) is 92.5 cm³/mol. The lowest BCUT2D eigenvalue weighted by Crippen LogP contribution is -2.18. The van der Waals surface area contributed by atoms with Crippen LogP contribution in [0.3, 0.4) is 0 Å². The van der Waals surface area contributed by atoms with Gasteiger partial charge in [0.2, 0.25) is 0 Å². The molecule has 3 rings (SSSR count). The molecule has 22 heavy (non-hydrogen) atoms. The number of nitrogens with one attached hydrogen (secondary N) is 2. The molecule has 0 aliphatic heterocycles. The van der Waals surface area contributed by atoms with E-state index in [2.05, 4.69) is 35.4 Å². The fourth-order valence-electron chi connectivity index (χ4n) is 2.78. The van der Waals surface area contributed by atoms with Crippen LogP contribution in [0.5, 0.6) is 0 Å². The van der Waals surface area contributed by atoms with Crippen LogP contribution in [-0.2, 0) is 13.0 Å². The summed E-state index contributed by atoms with van der Waals surface area (Å²) in [5.74, 6) is 0. The molecule has 2 aromatic carbocycles. The number of pyridine rings is 1. The maximum absolute atomic E-state index is 12.1. The molecular formula is C19H20N2O. The van der Waals surface area contributed by atoms with Crippen LogP contribution in [0.2, 0.25) is 0 Å². The zero-order valence-electron chi connectivity index (χ0n) is 12.9. The molecule has 3 aromatic rings. The average Bonchev–Trinajstić information content (AvgIpc) is 2.54. The number of hydrogen-bond acceptors (Lipinski definition) is 2. The van der Waals surface area contributed by atoms with E-state index in [9.17, 15) is 4.79 Å². The van der Waals surface area contributed by atoms with Gasteiger partial charge in [0.25, 0.3) is 5.56 Å². The van der Waals surface area contributed by atoms with Crippen LogP contribution in [0.15, 0.2) is 53.3 Å². The van der Waals surface area contributed by atoms with E-state index in [4.69, 9.17) is 0 Å². The second-order valence-corrected chi connectivity index (χ2v) is 5.51. The summed E-state index contributed by atoms with van der Waals surface area (Å²) in [4.78, 5) is 15.0. The van der Waals surface area contributed by atoms with Gasteiger partial charge in [0.05, 0.1) is 0 Å². The molecule has 1 heterocycles. The van der Waals surface area contributed by atoms with Gasteiger partial charge in [-0.05, 0) is 36.4 Å². The van der Waals surface area contributed by atoms with Crippen LogP contribution >= 0.6 is 0 Å². The standard InChI is InChI=1S/C19H20N2O/c1-3-14-11-16(19(22)21-13(14)2)12-20-18-10-6-8-15-7-4-5-9-17(15)18/h4-11,20H,3,12H2,1-2H3,(H,21,22). The number of benzene rings is 2. The molecule has 1 aromatic heterocycles. The number of rotatable bonds is 4. The molecule has 0 atom stereocenters. The van der Waals surface area contributed by atoms with Gasteiger partial charge in [-0.1, -0.05) is 43.3 Å². The first-order chi connectivity index (χ1) is 10.7. The van der Waals surface area contributed by atoms with Gasteiger partial charge in [0, 0.05) is 28.9 Å². The van der Waals surface area contributed by atoms with Gasteiger partial charge in [-0.15, -0.1) is 0 Å². The van der Waals surface area contributed by atoms with Crippen LogP contribution in [0.25, 0.3) is 10.8 Å². The zero-order chi connectivity index (χ0) is 15.5. The summed E-state index contributed by atoms with van der Waals surface area (Å²) in [7, 11) is 0. The van der Waals surface area contributed by atoms with Crippen molar-refractivity contribution in [3.8, 4) is 0 Å². The maximum atomic E-state index is 12.1. The highest BCUT2D eigenvalue weighted by molar-refractivity contribution is 5.93. The minimum Gasteiger partial charge on any atom is -0.380 e. The van der Waals surface area contributed by atoms with Gasteiger partial charge >= 0.3 is 0 Å². The normalized spacial score (nSPS) is 10.8. The molecule has 3 nitrogen and oxygen atoms in total. The molecule has 0 fully saturated rings. The first-order valence-corrected chi connectivity index (χ1v) is 7.62. The molecule has 0 saturated carbocycles. The number of H-pyrrole nitrogens is 1. The van der Waals surface area contributed by atoms with E-state index in [-0.39, 0.29) is 5.56 Å². The van der Waals surface area contributed by atoms with Crippen molar-refractivity contribution in [3.05, 3.63) is 75.7 Å². The Morgan fingerprint density at radius 3 is 2.64 bits per heavy atom. The van der Waals surface area contributed by atoms with Gasteiger partial charge in [-0.2, -0.15) is 0 Å². The minimum atomic E-state index is -0.0116. The summed E-state index contributed by atoms with van der Waals surface area (Å²) in [5.41, 5.74) is 3.96. The van der Waals surface area contributed by atoms with E-state index < -0.39 is 0 Å². The molecule has 0 aliphatic rings. The van der Waals surface area contributed by atoms with Crippen LogP contribution in [0.1, 0.15) is 23.7 Å². The molecule has 0 saturated heterocycles. The van der Waals surface area contributed by atoms with Crippen LogP contribution in [0, 0.1) is 6.92 Å². The van der Waals surface area contributed by atoms with E-state index in [1.807, 2.05) is 37.3 Å². The Morgan fingerprint density at radius 2 is 1.82 bits per heavy atom. The van der Waals surface area contributed by atoms with Crippen LogP contribution in [-0.4, -0.2) is 4.98 Å². The Morgan fingerprint density at radius 1 is 1.05 bits per heavy atom. The molecule has 0 bridgehead atoms. The number of aromatic nitrogens is 1. The molecule has 3 heteroatoms. The molecular weight excluding hydrogens is 272 g/mol. The van der Waals surface area contributed by atoms with E-state index in [1.165, 1.54) is 16.3 Å². The number of fused-ring (bicyclic) bond motifs is 1. The first-order valence-electron chi connectivity index (χ1n) is 7.62. The largest absolute Gasteiger partial charge is 0.380 e. The zero-order valence-corrected chi connectivity index (χ0v) is 12.9. The average molecular weight is 292 g/mol. The lowest BCUT2D eigenvalue weighted by molar-refractivity contribution is 0.978. The SMILES string of the molecule is CCc1cc(CNc2cccc3ccccc23)c(=O)[nH]c1C. The first kappa shape index (κ1) is 14.4. The fraction of sp³-hybridized carbons (Fsp3) is 0.211. The van der Waals surface area contributed by atoms with Gasteiger partial charge in [-0.3, -0.25) is 4.79 Å². The van der Waals surface area contributed by atoms with Gasteiger partial charge in [0.1, 0.15) is 0 Å². The van der Waals surface area contributed by atoms with Crippen molar-refractivity contribution in [1.29, 1.82) is 0 Å². The van der Waals surface area contributed by atoms with Crippen molar-refractivity contribution in [2.75, 3.05) is 5.32 Å². The number of aryl methyl sites for hydroxylation is 2. The van der Waals surface area contributed by atoms with Crippen molar-refractivity contribution in [2.45, 2.75) is 26.8 Å². The van der Waals surface area contributed by atoms with Crippen molar-refractivity contribution in [2.24, 2.45) is 0 Å². The van der Waals surface area contributed by atoms with Gasteiger partial charge in [0.15, 0.2) is 0 Å². The van der Waals surface area contributed by atoms with E-state index in [0.717, 1.165) is 23.4 Å². The molecule has 2 N–H and O–H groups in total. The summed E-state index contributed by atoms with van der Waals surface area (Å²) < 4.78 is 0. The van der Waals surface area contributed by atoms with Crippen molar-refractivity contribution in [1.82, 2.24) is 4.98 Å². The third-order valence-electron chi connectivity index (χ3n) is 4.06. The highest BCUT2D eigenvalue weighted by atomic mass is 16.1. The lowest BCUT2D eigenvalue weighted by atomic mass is 10.1. The van der Waals surface area contributed by atoms with Crippen molar-refractivity contribution < 1.29 is 0 Å². The van der Waals surface area contributed by atoms with Crippen LogP contribution < -0.4 is 10.9 Å². The fourth-order valence-corrected chi connectivity index (χ4v) is 2.78. The summed E-state index contributed by atoms with van der Waals surface area (Å²) in [6.45, 7) is 4.57. The Hall–Kier alpha value is -2.55. The van der Waals surface area contributed by atoms with E-state index >= 15 is 0 Å². The van der Waals surface area contributed by atoms with E-state index in [1.54, 1.807) is 0 Å². The number of aromatic amines is 1. The Bertz CT molecular complexity index is 859. The minimum absolute atomic E-state index is 0.0116. The highest BCUT2D eigenvalue weighted by Gasteiger charge is 2.06. The second kappa shape index (κ2) is 6.06. The predicted octanol–water partition coefficient (Wildman–Crippen LogP) is 4.01. The maximum Gasteiger partial charge on any atom is 0.253 e. The molecule has 0 radical (unpaired) electrons. The topological polar surface area (TPSA) is 44.9 Å². The van der Waals surface area contributed by atoms with Crippen LogP contribution in [0.4, 0.5) is 5.69 Å². The van der Waals surface area contributed by atoms with Gasteiger partial charge < -0.3 is 10.3 Å². The third-order valence-corrected chi connectivity index (χ3v) is 4.06. The monoisotopic (exact) mass is 292 g/mol. The second-order valence-electron chi connectivity index (χ2n) is 5.51. The van der Waals surface area contributed by atoms with Crippen molar-refractivity contribution in [3.63, 3.8) is 0 Å². The molecule has 0 amide bonds. The molecule has 112 valence electrons. The van der Waals surface area contributed by atoms with Crippen molar-refractivity contribution >= 4 is 16.5 Å². The quantitative estimate of drug-likeness (QED) is 0.763. The molecule has 0 aliphatic carbocycles. The lowest BCUT2D eigenvalue weighted by Gasteiger charge is -2.11. The Balaban J connectivity index is 1.90. The Kier molecular flexibility index (Phi) is 3.96. The summed E-state index contributed by atoms with van der Waals surface area (Å²) in [6.07, 6.45) is 0.921. The third kappa shape index (κ3) is 2.75. The highest BCUT2D eigenvalue weighted by Crippen LogP contribution is 2.23. The molecule has 0 unspecified atom stereocenters. The Labute approximate surface area is 130 Å². The van der Waals surface area contributed by atoms with E-state index in [0.29, 0.717) is 6.54 Å². The number of anilines is 1.